The van der Waals surface area contributed by atoms with Crippen LogP contribution in [0.2, 0.25) is 0 Å². The van der Waals surface area contributed by atoms with Crippen molar-refractivity contribution in [3.05, 3.63) is 55.2 Å². The van der Waals surface area contributed by atoms with E-state index in [0.29, 0.717) is 18.2 Å². The van der Waals surface area contributed by atoms with Gasteiger partial charge in [0.2, 0.25) is 5.92 Å². The van der Waals surface area contributed by atoms with E-state index in [9.17, 15) is 8.78 Å². The van der Waals surface area contributed by atoms with E-state index in [0.717, 1.165) is 27.8 Å². The van der Waals surface area contributed by atoms with Crippen LogP contribution in [-0.2, 0) is 14.1 Å². The number of nitrogens with one attached hydrogen (secondary N) is 1. The van der Waals surface area contributed by atoms with Crippen LogP contribution in [-0.4, -0.2) is 42.0 Å². The van der Waals surface area contributed by atoms with Crippen LogP contribution >= 0.6 is 0 Å². The Hall–Kier alpha value is -3.62. The van der Waals surface area contributed by atoms with Crippen LogP contribution < -0.4 is 5.32 Å². The highest BCUT2D eigenvalue weighted by Gasteiger charge is 2.44. The summed E-state index contributed by atoms with van der Waals surface area (Å²) >= 11 is 0. The third kappa shape index (κ3) is 4.10. The lowest BCUT2D eigenvalue weighted by molar-refractivity contribution is -0.106. The van der Waals surface area contributed by atoms with Gasteiger partial charge in [-0.3, -0.25) is 9.36 Å². The lowest BCUT2D eigenvalue weighted by Gasteiger charge is -2.35. The van der Waals surface area contributed by atoms with E-state index < -0.39 is 5.92 Å². The lowest BCUT2D eigenvalue weighted by atomic mass is 9.81. The van der Waals surface area contributed by atoms with E-state index in [1.807, 2.05) is 57.0 Å². The molecule has 0 atom stereocenters. The molecule has 1 aliphatic carbocycles. The molecule has 7 nitrogen and oxygen atoms in total. The van der Waals surface area contributed by atoms with Crippen molar-refractivity contribution >= 4 is 5.82 Å². The fraction of sp³-hybridized carbons (Fsp3) is 0.304. The molecule has 0 spiro atoms. The summed E-state index contributed by atoms with van der Waals surface area (Å²) in [6, 6.07) is 7.95. The molecule has 32 heavy (non-hydrogen) atoms. The molecule has 0 unspecified atom stereocenters. The second-order valence-electron chi connectivity index (χ2n) is 8.35. The summed E-state index contributed by atoms with van der Waals surface area (Å²) in [6.07, 6.45) is 8.96. The highest BCUT2D eigenvalue weighted by Crippen LogP contribution is 2.42. The number of aryl methyl sites for hydroxylation is 2. The molecule has 1 aliphatic rings. The summed E-state index contributed by atoms with van der Waals surface area (Å²) in [5.74, 6) is -1.43. The molecule has 5 rings (SSSR count). The van der Waals surface area contributed by atoms with Gasteiger partial charge in [-0.05, 0) is 17.5 Å². The van der Waals surface area contributed by atoms with Crippen LogP contribution in [0.4, 0.5) is 14.6 Å². The Labute approximate surface area is 184 Å². The van der Waals surface area contributed by atoms with E-state index in [1.54, 1.807) is 21.8 Å². The van der Waals surface area contributed by atoms with Crippen molar-refractivity contribution < 1.29 is 8.78 Å². The minimum absolute atomic E-state index is 0.0703. The number of hydrogen-bond acceptors (Lipinski definition) is 5. The molecule has 9 heteroatoms. The van der Waals surface area contributed by atoms with Gasteiger partial charge in [0.1, 0.15) is 5.82 Å². The zero-order valence-corrected chi connectivity index (χ0v) is 17.8. The zero-order chi connectivity index (χ0) is 22.3. The maximum Gasteiger partial charge on any atom is 0.248 e. The number of aromatic nitrogens is 6. The average molecular weight is 435 g/mol. The Kier molecular flexibility index (Phi) is 4.96. The quantitative estimate of drug-likeness (QED) is 0.486. The molecule has 4 aromatic rings. The number of alkyl halides is 2. The van der Waals surface area contributed by atoms with Crippen molar-refractivity contribution in [3.63, 3.8) is 0 Å². The highest BCUT2D eigenvalue weighted by atomic mass is 19.3. The molecular formula is C23H23F2N7. The van der Waals surface area contributed by atoms with Gasteiger partial charge < -0.3 is 5.32 Å². The molecule has 164 valence electrons. The second-order valence-corrected chi connectivity index (χ2v) is 8.35. The first-order valence-electron chi connectivity index (χ1n) is 10.4. The van der Waals surface area contributed by atoms with Crippen LogP contribution in [0.25, 0.3) is 33.6 Å². The standard InChI is InChI=1S/C23H23F2N7/c1-31-13-18(10-28-31)16-4-3-5-17(6-16)21-27-12-20(19-11-29-32(2)14-19)22(30-21)26-9-15-7-23(24,25)8-15/h3-6,10-15H,7-9H2,1-2H3,(H,26,27,30). The van der Waals surface area contributed by atoms with Gasteiger partial charge in [-0.2, -0.15) is 10.2 Å². The van der Waals surface area contributed by atoms with Gasteiger partial charge >= 0.3 is 0 Å². The van der Waals surface area contributed by atoms with Crippen molar-refractivity contribution in [2.24, 2.45) is 20.0 Å². The van der Waals surface area contributed by atoms with Gasteiger partial charge in [-0.1, -0.05) is 18.2 Å². The predicted octanol–water partition coefficient (Wildman–Crippen LogP) is 4.40. The number of rotatable bonds is 6. The average Bonchev–Trinajstić information content (AvgIpc) is 3.39. The third-order valence-electron chi connectivity index (χ3n) is 5.70. The lowest BCUT2D eigenvalue weighted by Crippen LogP contribution is -2.39. The number of nitrogens with zero attached hydrogens (tertiary/aromatic N) is 6. The third-order valence-corrected chi connectivity index (χ3v) is 5.70. The summed E-state index contributed by atoms with van der Waals surface area (Å²) in [4.78, 5) is 9.36. The van der Waals surface area contributed by atoms with Crippen LogP contribution in [0, 0.1) is 5.92 Å². The van der Waals surface area contributed by atoms with Crippen molar-refractivity contribution in [1.29, 1.82) is 0 Å². The summed E-state index contributed by atoms with van der Waals surface area (Å²) < 4.78 is 30.0. The summed E-state index contributed by atoms with van der Waals surface area (Å²) in [5, 5.41) is 11.8. The molecule has 3 heterocycles. The van der Waals surface area contributed by atoms with E-state index in [2.05, 4.69) is 20.5 Å². The van der Waals surface area contributed by atoms with Gasteiger partial charge in [0, 0.05) is 74.3 Å². The van der Waals surface area contributed by atoms with Gasteiger partial charge in [0.25, 0.3) is 0 Å². The Balaban J connectivity index is 1.47. The molecule has 0 aliphatic heterocycles. The van der Waals surface area contributed by atoms with Crippen LogP contribution in [0.1, 0.15) is 12.8 Å². The first-order valence-corrected chi connectivity index (χ1v) is 10.4. The molecule has 1 fully saturated rings. The molecule has 1 saturated carbocycles. The molecule has 0 saturated heterocycles. The summed E-state index contributed by atoms with van der Waals surface area (Å²) in [7, 11) is 3.72. The first-order chi connectivity index (χ1) is 15.4. The normalized spacial score (nSPS) is 15.5. The fourth-order valence-corrected chi connectivity index (χ4v) is 4.01. The molecule has 0 bridgehead atoms. The molecule has 1 N–H and O–H groups in total. The molecule has 0 amide bonds. The maximum atomic E-state index is 13.3. The maximum absolute atomic E-state index is 13.3. The first kappa shape index (κ1) is 20.3. The Morgan fingerprint density at radius 1 is 0.969 bits per heavy atom. The van der Waals surface area contributed by atoms with Crippen molar-refractivity contribution in [2.75, 3.05) is 11.9 Å². The van der Waals surface area contributed by atoms with E-state index in [-0.39, 0.29) is 18.8 Å². The fourth-order valence-electron chi connectivity index (χ4n) is 4.01. The van der Waals surface area contributed by atoms with Crippen LogP contribution in [0.3, 0.4) is 0 Å². The summed E-state index contributed by atoms with van der Waals surface area (Å²) in [6.45, 7) is 0.440. The summed E-state index contributed by atoms with van der Waals surface area (Å²) in [5.41, 5.74) is 4.54. The van der Waals surface area contributed by atoms with Crippen molar-refractivity contribution in [2.45, 2.75) is 18.8 Å². The highest BCUT2D eigenvalue weighted by molar-refractivity contribution is 5.76. The Morgan fingerprint density at radius 3 is 2.31 bits per heavy atom. The van der Waals surface area contributed by atoms with Gasteiger partial charge in [0.05, 0.1) is 12.4 Å². The number of halogens is 2. The van der Waals surface area contributed by atoms with Crippen molar-refractivity contribution in [3.8, 4) is 33.6 Å². The number of hydrogen-bond donors (Lipinski definition) is 1. The number of anilines is 1. The minimum atomic E-state index is -2.54. The van der Waals surface area contributed by atoms with Gasteiger partial charge in [-0.15, -0.1) is 0 Å². The zero-order valence-electron chi connectivity index (χ0n) is 17.8. The Morgan fingerprint density at radius 2 is 1.66 bits per heavy atom. The monoisotopic (exact) mass is 435 g/mol. The van der Waals surface area contributed by atoms with Crippen LogP contribution in [0.15, 0.2) is 55.2 Å². The largest absolute Gasteiger partial charge is 0.369 e. The van der Waals surface area contributed by atoms with Gasteiger partial charge in [0.15, 0.2) is 5.82 Å². The topological polar surface area (TPSA) is 73.5 Å². The molecular weight excluding hydrogens is 412 g/mol. The second kappa shape index (κ2) is 7.81. The SMILES string of the molecule is Cn1cc(-c2cccc(-c3ncc(-c4cnn(C)c4)c(NCC4CC(F)(F)C4)n3)c2)cn1. The van der Waals surface area contributed by atoms with E-state index in [4.69, 9.17) is 4.98 Å². The van der Waals surface area contributed by atoms with E-state index >= 15 is 0 Å². The Bertz CT molecular complexity index is 1250. The molecule has 1 aromatic carbocycles. The smallest absolute Gasteiger partial charge is 0.248 e. The van der Waals surface area contributed by atoms with Gasteiger partial charge in [-0.25, -0.2) is 18.7 Å². The predicted molar refractivity (Wildman–Crippen MR) is 118 cm³/mol. The number of benzene rings is 1. The van der Waals surface area contributed by atoms with Crippen molar-refractivity contribution in [1.82, 2.24) is 29.5 Å². The van der Waals surface area contributed by atoms with Crippen LogP contribution in [0.5, 0.6) is 0 Å². The molecule has 0 radical (unpaired) electrons. The van der Waals surface area contributed by atoms with E-state index in [1.165, 1.54) is 0 Å². The molecule has 3 aromatic heterocycles. The minimum Gasteiger partial charge on any atom is -0.369 e.